The van der Waals surface area contributed by atoms with Crippen LogP contribution in [-0.2, 0) is 34.5 Å². The molecule has 0 saturated carbocycles. The molecule has 3 aromatic rings. The molecule has 0 amide bonds. The number of non-ortho nitro benzene ring substituents is 1. The van der Waals surface area contributed by atoms with Gasteiger partial charge in [-0.25, -0.2) is 0 Å². The molecular weight excluding hydrogens is 573 g/mol. The van der Waals surface area contributed by atoms with Gasteiger partial charge >= 0.3 is 241 Å². The molecule has 208 valence electrons. The molecule has 1 heterocycles. The fourth-order valence-electron chi connectivity index (χ4n) is 5.80. The molecule has 5 nitrogen and oxygen atoms in total. The third-order valence-corrected chi connectivity index (χ3v) is 10.1. The number of aryl methyl sites for hydroxylation is 2. The first-order valence-electron chi connectivity index (χ1n) is 13.7. The van der Waals surface area contributed by atoms with E-state index in [4.69, 9.17) is 4.74 Å². The molecule has 1 fully saturated rings. The monoisotopic (exact) mass is 614 g/mol. The van der Waals surface area contributed by atoms with Gasteiger partial charge in [0.05, 0.1) is 0 Å². The molecule has 0 bridgehead atoms. The second-order valence-corrected chi connectivity index (χ2v) is 13.1. The zero-order valence-corrected chi connectivity index (χ0v) is 25.8. The van der Waals surface area contributed by atoms with Gasteiger partial charge in [0.1, 0.15) is 0 Å². The average molecular weight is 614 g/mol. The maximum absolute atomic E-state index is 11.6. The van der Waals surface area contributed by atoms with Gasteiger partial charge in [0.15, 0.2) is 0 Å². The van der Waals surface area contributed by atoms with E-state index in [2.05, 4.69) is 92.7 Å². The van der Waals surface area contributed by atoms with Gasteiger partial charge in [0, 0.05) is 0 Å². The molecular formula is C33H40N2O3Ru. The topological polar surface area (TPSA) is 55.6 Å². The van der Waals surface area contributed by atoms with Crippen LogP contribution >= 0.6 is 0 Å². The molecule has 1 unspecified atom stereocenters. The van der Waals surface area contributed by atoms with Crippen LogP contribution in [0, 0.1) is 10.1 Å². The van der Waals surface area contributed by atoms with Crippen molar-refractivity contribution >= 4 is 20.2 Å². The second-order valence-electron chi connectivity index (χ2n) is 11.3. The van der Waals surface area contributed by atoms with Crippen LogP contribution in [-0.4, -0.2) is 25.4 Å². The van der Waals surface area contributed by atoms with E-state index in [0.29, 0.717) is 5.75 Å². The third kappa shape index (κ3) is 5.82. The molecule has 1 aliphatic rings. The van der Waals surface area contributed by atoms with Crippen molar-refractivity contribution in [1.29, 1.82) is 0 Å². The normalized spacial score (nSPS) is 18.5. The summed E-state index contributed by atoms with van der Waals surface area (Å²) in [6, 6.07) is 22.4. The Balaban J connectivity index is 2.05. The summed E-state index contributed by atoms with van der Waals surface area (Å²) in [5.74, 6) is 0.693. The van der Waals surface area contributed by atoms with E-state index >= 15 is 0 Å². The first-order valence-corrected chi connectivity index (χ1v) is 15.6. The number of benzene rings is 3. The van der Waals surface area contributed by atoms with Crippen molar-refractivity contribution in [2.45, 2.75) is 84.8 Å². The molecule has 1 aliphatic heterocycles. The summed E-state index contributed by atoms with van der Waals surface area (Å²) in [6.45, 7) is 15.5. The first kappa shape index (κ1) is 29.0. The fraction of sp³-hybridized carbons (Fsp3) is 0.394. The van der Waals surface area contributed by atoms with Crippen LogP contribution in [0.2, 0.25) is 0 Å². The predicted molar refractivity (Wildman–Crippen MR) is 159 cm³/mol. The summed E-state index contributed by atoms with van der Waals surface area (Å²) < 4.78 is 9.70. The van der Waals surface area contributed by atoms with Crippen molar-refractivity contribution in [3.05, 3.63) is 99.1 Å². The van der Waals surface area contributed by atoms with Crippen LogP contribution in [0.5, 0.6) is 5.75 Å². The summed E-state index contributed by atoms with van der Waals surface area (Å²) >= 11 is -0.451. The van der Waals surface area contributed by atoms with Gasteiger partial charge in [-0.3, -0.25) is 0 Å². The average Bonchev–Trinajstić information content (AvgIpc) is 3.12. The standard InChI is InChI=1S/C23H29N.C10H11NO3.Ru/c1-6-18-12-11-13-19(7-2)21(18)24-17-23(5,16-22(24,3)4)20-14-9-8-10-15-20;1-7(2)14-10-5-4-9(11(12)13)6-8(10)3;/h8-15H,6-7,16H2,1-5H3;3-7H,1-2H3;. The Hall–Kier alpha value is -2.98. The maximum atomic E-state index is 11.6. The van der Waals surface area contributed by atoms with Crippen LogP contribution in [0.15, 0.2) is 66.7 Å². The van der Waals surface area contributed by atoms with Gasteiger partial charge in [0.25, 0.3) is 0 Å². The zero-order chi connectivity index (χ0) is 28.4. The minimum absolute atomic E-state index is 0.0258. The van der Waals surface area contributed by atoms with Gasteiger partial charge < -0.3 is 0 Å². The Morgan fingerprint density at radius 1 is 1.00 bits per heavy atom. The van der Waals surface area contributed by atoms with Crippen LogP contribution < -0.4 is 9.64 Å². The SMILES string of the molecule is CCc1cccc(CC)c1N1[C](=[Ru]=[CH]c2cc([N+](=O)[O-])ccc2OC(C)C)C(C)(c2ccccc2)CC1(C)C. The Morgan fingerprint density at radius 3 is 2.21 bits per heavy atom. The first-order chi connectivity index (χ1) is 18.5. The third-order valence-electron chi connectivity index (χ3n) is 7.45. The number of rotatable bonds is 8. The van der Waals surface area contributed by atoms with Crippen molar-refractivity contribution in [3.8, 4) is 5.75 Å². The zero-order valence-electron chi connectivity index (χ0n) is 24.1. The molecule has 0 spiro atoms. The summed E-state index contributed by atoms with van der Waals surface area (Å²) in [7, 11) is 0. The number of nitrogens with zero attached hydrogens (tertiary/aromatic N) is 2. The number of hydrogen-bond acceptors (Lipinski definition) is 4. The number of nitro benzene ring substituents is 1. The van der Waals surface area contributed by atoms with E-state index in [1.54, 1.807) is 12.1 Å². The molecule has 0 aromatic heterocycles. The number of hydrogen-bond donors (Lipinski definition) is 0. The summed E-state index contributed by atoms with van der Waals surface area (Å²) in [5, 5.41) is 11.6. The van der Waals surface area contributed by atoms with Gasteiger partial charge in [-0.2, -0.15) is 0 Å². The molecule has 0 radical (unpaired) electrons. The second kappa shape index (κ2) is 11.6. The van der Waals surface area contributed by atoms with E-state index in [1.807, 2.05) is 13.8 Å². The molecule has 0 aliphatic carbocycles. The van der Waals surface area contributed by atoms with Gasteiger partial charge in [-0.05, 0) is 0 Å². The van der Waals surface area contributed by atoms with Crippen LogP contribution in [0.3, 0.4) is 0 Å². The van der Waals surface area contributed by atoms with E-state index in [-0.39, 0.29) is 27.7 Å². The van der Waals surface area contributed by atoms with Crippen molar-refractivity contribution in [2.75, 3.05) is 4.90 Å². The molecule has 6 heteroatoms. The number of ether oxygens (including phenoxy) is 1. The van der Waals surface area contributed by atoms with E-state index in [1.165, 1.54) is 32.7 Å². The Kier molecular flexibility index (Phi) is 8.66. The predicted octanol–water partition coefficient (Wildman–Crippen LogP) is 7.52. The van der Waals surface area contributed by atoms with Crippen LogP contribution in [0.1, 0.15) is 77.1 Å². The van der Waals surface area contributed by atoms with E-state index < -0.39 is 16.2 Å². The molecule has 39 heavy (non-hydrogen) atoms. The van der Waals surface area contributed by atoms with Crippen molar-refractivity contribution in [1.82, 2.24) is 0 Å². The molecule has 1 atom stereocenters. The summed E-state index contributed by atoms with van der Waals surface area (Å²) in [4.78, 5) is 13.9. The summed E-state index contributed by atoms with van der Waals surface area (Å²) in [5.41, 5.74) is 5.95. The number of para-hydroxylation sites is 1. The Morgan fingerprint density at radius 2 is 1.64 bits per heavy atom. The fourth-order valence-corrected chi connectivity index (χ4v) is 8.60. The molecule has 1 saturated heterocycles. The van der Waals surface area contributed by atoms with Gasteiger partial charge in [-0.1, -0.05) is 0 Å². The van der Waals surface area contributed by atoms with Crippen molar-refractivity contribution in [3.63, 3.8) is 0 Å². The van der Waals surface area contributed by atoms with E-state index in [0.717, 1.165) is 24.8 Å². The summed E-state index contributed by atoms with van der Waals surface area (Å²) in [6.07, 6.45) is 2.87. The Labute approximate surface area is 240 Å². The van der Waals surface area contributed by atoms with Gasteiger partial charge in [0.2, 0.25) is 0 Å². The van der Waals surface area contributed by atoms with E-state index in [9.17, 15) is 10.1 Å². The number of nitro groups is 1. The quantitative estimate of drug-likeness (QED) is 0.150. The van der Waals surface area contributed by atoms with Crippen LogP contribution in [0.4, 0.5) is 11.4 Å². The Bertz CT molecular complexity index is 1400. The number of anilines is 1. The van der Waals surface area contributed by atoms with Crippen molar-refractivity contribution < 1.29 is 25.9 Å². The molecule has 3 aromatic carbocycles. The van der Waals surface area contributed by atoms with Crippen molar-refractivity contribution in [2.24, 2.45) is 0 Å². The molecule has 4 rings (SSSR count). The van der Waals surface area contributed by atoms with Crippen LogP contribution in [0.25, 0.3) is 0 Å². The molecule has 0 N–H and O–H groups in total. The van der Waals surface area contributed by atoms with Gasteiger partial charge in [-0.15, -0.1) is 0 Å². The minimum atomic E-state index is -0.451.